The number of ether oxygens (including phenoxy) is 1. The van der Waals surface area contributed by atoms with E-state index >= 15 is 0 Å². The fourth-order valence-electron chi connectivity index (χ4n) is 13.4. The summed E-state index contributed by atoms with van der Waals surface area (Å²) in [7, 11) is 0. The number of rotatable bonds is 7. The van der Waals surface area contributed by atoms with Gasteiger partial charge in [0.2, 0.25) is 0 Å². The molecule has 0 radical (unpaired) electrons. The molecule has 17 aromatic rings. The Kier molecular flexibility index (Phi) is 11.0. The van der Waals surface area contributed by atoms with E-state index in [0.29, 0.717) is 22.7 Å². The second kappa shape index (κ2) is 20.6. The van der Waals surface area contributed by atoms with Gasteiger partial charge in [-0.1, -0.05) is 184 Å². The van der Waals surface area contributed by atoms with Crippen LogP contribution in [0.1, 0.15) is 33.2 Å². The van der Waals surface area contributed by atoms with Gasteiger partial charge < -0.3 is 22.7 Å². The van der Waals surface area contributed by atoms with Crippen molar-refractivity contribution >= 4 is 76.7 Å². The van der Waals surface area contributed by atoms with E-state index in [-0.39, 0.29) is 44.1 Å². The molecule has 0 bridgehead atoms. The molecule has 1 aliphatic heterocycles. The molecule has 0 saturated carbocycles. The number of pyridine rings is 1. The van der Waals surface area contributed by atoms with Crippen LogP contribution in [-0.2, 0) is 26.5 Å². The molecule has 0 amide bonds. The maximum atomic E-state index is 9.24. The van der Waals surface area contributed by atoms with Crippen molar-refractivity contribution in [3.63, 3.8) is 0 Å². The molecule has 6 heterocycles. The Morgan fingerprint density at radius 2 is 1.07 bits per heavy atom. The van der Waals surface area contributed by atoms with Crippen LogP contribution < -0.4 is 9.30 Å². The largest absolute Gasteiger partial charge is 0.510 e. The number of furan rings is 2. The van der Waals surface area contributed by atoms with Crippen LogP contribution in [0.15, 0.2) is 270 Å². The zero-order valence-electron chi connectivity index (χ0n) is 53.8. The predicted octanol–water partition coefficient (Wildman–Crippen LogP) is 21.0. The van der Waals surface area contributed by atoms with Crippen LogP contribution in [0.2, 0.25) is 0 Å². The minimum atomic E-state index is -0.451. The van der Waals surface area contributed by atoms with Crippen LogP contribution in [0.25, 0.3) is 161 Å². The molecule has 90 heavy (non-hydrogen) atoms. The van der Waals surface area contributed by atoms with Gasteiger partial charge in [-0.2, -0.15) is 18.2 Å². The first-order valence-electron chi connectivity index (χ1n) is 32.2. The van der Waals surface area contributed by atoms with Crippen molar-refractivity contribution in [3.8, 4) is 95.5 Å². The quantitative estimate of drug-likeness (QED) is 0.118. The van der Waals surface area contributed by atoms with Crippen molar-refractivity contribution in [2.45, 2.75) is 26.2 Å². The fraction of sp³-hybridized carbons (Fsp3) is 0.0488. The second-order valence-corrected chi connectivity index (χ2v) is 23.9. The van der Waals surface area contributed by atoms with E-state index < -0.39 is 18.1 Å². The van der Waals surface area contributed by atoms with E-state index in [1.807, 2.05) is 97.2 Å². The first kappa shape index (κ1) is 48.2. The molecule has 7 nitrogen and oxygen atoms in total. The Balaban J connectivity index is 0.00000684. The van der Waals surface area contributed by atoms with Crippen LogP contribution in [0.4, 0.5) is 0 Å². The monoisotopic (exact) mass is 1340 g/mol. The number of imidazole rings is 1. The van der Waals surface area contributed by atoms with Gasteiger partial charge in [-0.3, -0.25) is 4.57 Å². The molecule has 12 aromatic carbocycles. The smallest absolute Gasteiger partial charge is 0.268 e. The van der Waals surface area contributed by atoms with Crippen molar-refractivity contribution in [3.05, 3.63) is 285 Å². The minimum Gasteiger partial charge on any atom is -0.510 e. The molecule has 1 aliphatic rings. The summed E-state index contributed by atoms with van der Waals surface area (Å²) in [6.07, 6.45) is 5.86. The summed E-state index contributed by atoms with van der Waals surface area (Å²) in [5.41, 5.74) is 18.7. The van der Waals surface area contributed by atoms with Crippen molar-refractivity contribution < 1.29 is 46.1 Å². The second-order valence-electron chi connectivity index (χ2n) is 23.9. The van der Waals surface area contributed by atoms with Crippen LogP contribution in [0.3, 0.4) is 0 Å². The zero-order chi connectivity index (χ0) is 63.4. The van der Waals surface area contributed by atoms with Crippen molar-refractivity contribution in [2.75, 3.05) is 0 Å². The van der Waals surface area contributed by atoms with Gasteiger partial charge in [0.25, 0.3) is 6.33 Å². The molecule has 0 spiro atoms. The topological polar surface area (TPSA) is 62.1 Å². The maximum Gasteiger partial charge on any atom is 0.268 e. The van der Waals surface area contributed by atoms with Crippen molar-refractivity contribution in [1.29, 1.82) is 0 Å². The first-order valence-corrected chi connectivity index (χ1v) is 29.7. The molecular weight excluding hydrogens is 1280 g/mol. The Bertz CT molecular complexity index is 6080. The van der Waals surface area contributed by atoms with E-state index in [1.165, 1.54) is 5.56 Å². The molecular formula is C82H52N4O3Pt-2. The van der Waals surface area contributed by atoms with E-state index in [1.54, 1.807) is 0 Å². The normalized spacial score (nSPS) is 12.9. The number of aromatic nitrogens is 4. The van der Waals surface area contributed by atoms with Gasteiger partial charge in [0, 0.05) is 65.8 Å². The van der Waals surface area contributed by atoms with Gasteiger partial charge in [0.05, 0.1) is 23.6 Å². The Labute approximate surface area is 540 Å². The number of fused-ring (bicyclic) bond motifs is 16. The average molecular weight is 1340 g/mol. The third kappa shape index (κ3) is 8.52. The van der Waals surface area contributed by atoms with Gasteiger partial charge in [-0.05, 0) is 156 Å². The molecule has 0 saturated heterocycles. The SMILES string of the molecule is [2H]c1c([2H])c([2H])c(-c2ccc3c(c2)-c2cccc(-c4ccc5oc6ccccc6c5c4)c2-[n+]2[c-]n(-c4[c-]c(Oc5[c-]c6c(cc5)c5ccccc5n6-c5cc(C(C)(C)C)ccn5)ccc4)c4cc(-c5ccc6oc7ccccc7c6c5)cc(c42)-c2ccccc2-3)c([2H])c1[2H].[Pt]. The first-order chi connectivity index (χ1) is 45.8. The van der Waals surface area contributed by atoms with Crippen LogP contribution in [0, 0.1) is 18.5 Å². The van der Waals surface area contributed by atoms with E-state index in [0.717, 1.165) is 144 Å². The molecule has 0 aliphatic carbocycles. The molecule has 18 rings (SSSR count). The summed E-state index contributed by atoms with van der Waals surface area (Å²) >= 11 is 0. The summed E-state index contributed by atoms with van der Waals surface area (Å²) in [4.78, 5) is 4.92. The van der Waals surface area contributed by atoms with E-state index in [4.69, 9.17) is 22.7 Å². The molecule has 0 atom stereocenters. The Hall–Kier alpha value is -10.9. The molecule has 0 unspecified atom stereocenters. The maximum absolute atomic E-state index is 9.24. The number of hydrogen-bond acceptors (Lipinski definition) is 4. The van der Waals surface area contributed by atoms with Crippen molar-refractivity contribution in [2.24, 2.45) is 0 Å². The summed E-state index contributed by atoms with van der Waals surface area (Å²) in [5.74, 6) is 1.75. The molecule has 0 N–H and O–H groups in total. The van der Waals surface area contributed by atoms with Gasteiger partial charge >= 0.3 is 0 Å². The van der Waals surface area contributed by atoms with Gasteiger partial charge in [-0.15, -0.1) is 29.7 Å². The van der Waals surface area contributed by atoms with Crippen molar-refractivity contribution in [1.82, 2.24) is 14.1 Å². The third-order valence-electron chi connectivity index (χ3n) is 17.6. The standard InChI is InChI=1S/C82H52N4O3.Pt/c1-82(2,3)55-39-40-83-79(46-55)86-72-28-12-9-23-63(72)64-36-34-58(48-73(64)86)87-57-20-15-19-56(47-57)84-49-85-80-59(53-33-38-78-70(43-53)66-25-11-14-30-76(66)89-78)26-16-27-67(80)68-41-51(50-17-5-4-6-18-50)31-35-62(68)60-21-7-8-22-61(60)71-44-54(45-74(84)81(71)85)52-32-37-77-69(42-52)65-24-10-13-29-75(65)88-77;/h4-46H,1-3H3;/q-2;/i4D,5D,6D,17D,18D;. The van der Waals surface area contributed by atoms with Gasteiger partial charge in [-0.25, -0.2) is 4.98 Å². The van der Waals surface area contributed by atoms with E-state index in [9.17, 15) is 2.74 Å². The van der Waals surface area contributed by atoms with Crippen LogP contribution in [0.5, 0.6) is 11.5 Å². The molecule has 0 fully saturated rings. The predicted molar refractivity (Wildman–Crippen MR) is 359 cm³/mol. The fourth-order valence-corrected chi connectivity index (χ4v) is 13.4. The number of nitrogens with zero attached hydrogens (tertiary/aromatic N) is 4. The number of hydrogen-bond donors (Lipinski definition) is 0. The number of para-hydroxylation sites is 4. The zero-order valence-corrected chi connectivity index (χ0v) is 51.0. The molecule has 5 aromatic heterocycles. The number of benzene rings is 12. The Morgan fingerprint density at radius 1 is 0.456 bits per heavy atom. The summed E-state index contributed by atoms with van der Waals surface area (Å²) in [6, 6.07) is 82.2. The van der Waals surface area contributed by atoms with Gasteiger partial charge in [0.1, 0.15) is 28.1 Å². The molecule has 8 heteroatoms. The summed E-state index contributed by atoms with van der Waals surface area (Å²) in [6.45, 7) is 6.62. The Morgan fingerprint density at radius 3 is 1.84 bits per heavy atom. The van der Waals surface area contributed by atoms with Gasteiger partial charge in [0.15, 0.2) is 0 Å². The minimum absolute atomic E-state index is 0. The third-order valence-corrected chi connectivity index (χ3v) is 17.6. The average Bonchev–Trinajstić information content (AvgIpc) is 1.58. The van der Waals surface area contributed by atoms with Crippen LogP contribution in [-0.4, -0.2) is 14.1 Å². The summed E-state index contributed by atoms with van der Waals surface area (Å²) in [5, 5.41) is 6.08. The van der Waals surface area contributed by atoms with E-state index in [2.05, 4.69) is 186 Å². The molecule has 430 valence electrons. The van der Waals surface area contributed by atoms with Crippen LogP contribution >= 0.6 is 0 Å². The summed E-state index contributed by atoms with van der Waals surface area (Å²) < 4.78 is 70.8.